The minimum Gasteiger partial charge on any atom is -0.304 e. The van der Waals surface area contributed by atoms with Crippen molar-refractivity contribution in [3.05, 3.63) is 115 Å². The highest BCUT2D eigenvalue weighted by molar-refractivity contribution is 6.00. The number of nitrogens with zero attached hydrogens (tertiary/aromatic N) is 5. The summed E-state index contributed by atoms with van der Waals surface area (Å²) in [6.45, 7) is 2.43. The maximum atomic E-state index is 13.7. The highest BCUT2D eigenvalue weighted by Gasteiger charge is 2.47. The van der Waals surface area contributed by atoms with Gasteiger partial charge in [-0.3, -0.25) is 4.79 Å². The number of aromatic nitrogens is 4. The molecule has 184 valence electrons. The number of anilines is 1. The lowest BCUT2D eigenvalue weighted by atomic mass is 9.94. The molecule has 1 aliphatic heterocycles. The van der Waals surface area contributed by atoms with E-state index in [0.29, 0.717) is 12.4 Å². The van der Waals surface area contributed by atoms with Gasteiger partial charge in [0, 0.05) is 29.5 Å². The first-order valence-electron chi connectivity index (χ1n) is 12.2. The smallest absolute Gasteiger partial charge is 0.232 e. The lowest BCUT2D eigenvalue weighted by molar-refractivity contribution is -0.120. The number of halogens is 1. The lowest BCUT2D eigenvalue weighted by Crippen LogP contribution is -2.38. The number of hydrogen-bond acceptors (Lipinski definition) is 5. The van der Waals surface area contributed by atoms with Crippen molar-refractivity contribution >= 4 is 22.5 Å². The van der Waals surface area contributed by atoms with Crippen LogP contribution in [0, 0.1) is 11.7 Å². The molecule has 3 unspecified atom stereocenters. The summed E-state index contributed by atoms with van der Waals surface area (Å²) in [5.41, 5.74) is 3.50. The average Bonchev–Trinajstić information content (AvgIpc) is 3.47. The molecule has 37 heavy (non-hydrogen) atoms. The summed E-state index contributed by atoms with van der Waals surface area (Å²) in [5, 5.41) is 8.97. The number of benzene rings is 3. The van der Waals surface area contributed by atoms with Crippen LogP contribution in [0.4, 0.5) is 10.1 Å². The summed E-state index contributed by atoms with van der Waals surface area (Å²) in [6, 6.07) is 23.6. The molecule has 3 aromatic carbocycles. The summed E-state index contributed by atoms with van der Waals surface area (Å²) in [7, 11) is 0. The lowest BCUT2D eigenvalue weighted by Gasteiger charge is -2.29. The number of fused-ring (bicyclic) bond motifs is 1. The van der Waals surface area contributed by atoms with Crippen molar-refractivity contribution < 1.29 is 9.18 Å². The van der Waals surface area contributed by atoms with Crippen LogP contribution in [0.15, 0.2) is 97.5 Å². The molecule has 2 aromatic heterocycles. The van der Waals surface area contributed by atoms with Gasteiger partial charge in [0.2, 0.25) is 5.91 Å². The molecular formula is C29H25FN6O. The highest BCUT2D eigenvalue weighted by atomic mass is 19.1. The van der Waals surface area contributed by atoms with E-state index >= 15 is 0 Å². The molecule has 3 heterocycles. The van der Waals surface area contributed by atoms with Crippen molar-refractivity contribution in [3.8, 4) is 5.69 Å². The van der Waals surface area contributed by atoms with Crippen LogP contribution in [0.3, 0.4) is 0 Å². The Balaban J connectivity index is 1.37. The molecule has 7 nitrogen and oxygen atoms in total. The van der Waals surface area contributed by atoms with E-state index in [2.05, 4.69) is 32.5 Å². The molecule has 3 atom stereocenters. The summed E-state index contributed by atoms with van der Waals surface area (Å²) in [4.78, 5) is 24.2. The molecule has 8 heteroatoms. The van der Waals surface area contributed by atoms with Gasteiger partial charge in [0.1, 0.15) is 11.6 Å². The Morgan fingerprint density at radius 1 is 0.919 bits per heavy atom. The standard InChI is InChI=1S/C29H25FN6O/c1-19-27(33-18-26-31-14-5-15-32-26)28(20-6-3-2-4-7-20)35(29(19)37)24-12-13-25-21(16-24)17-34-36(25)23-10-8-22(30)9-11-23/h2-17,19,27-28,33H,18H2,1H3. The summed E-state index contributed by atoms with van der Waals surface area (Å²) in [6.07, 6.45) is 5.21. The third kappa shape index (κ3) is 4.25. The predicted octanol–water partition coefficient (Wildman–Crippen LogP) is 4.84. The zero-order valence-corrected chi connectivity index (χ0v) is 20.2. The van der Waals surface area contributed by atoms with E-state index < -0.39 is 0 Å². The van der Waals surface area contributed by atoms with E-state index in [1.165, 1.54) is 12.1 Å². The topological polar surface area (TPSA) is 75.9 Å². The first-order valence-corrected chi connectivity index (χ1v) is 12.2. The number of rotatable bonds is 6. The van der Waals surface area contributed by atoms with E-state index in [1.54, 1.807) is 41.5 Å². The molecule has 1 saturated heterocycles. The zero-order chi connectivity index (χ0) is 25.4. The highest BCUT2D eigenvalue weighted by Crippen LogP contribution is 2.41. The molecule has 1 amide bonds. The largest absolute Gasteiger partial charge is 0.304 e. The van der Waals surface area contributed by atoms with Gasteiger partial charge in [0.15, 0.2) is 0 Å². The maximum absolute atomic E-state index is 13.7. The van der Waals surface area contributed by atoms with Crippen LogP contribution >= 0.6 is 0 Å². The molecule has 0 radical (unpaired) electrons. The van der Waals surface area contributed by atoms with Gasteiger partial charge in [-0.15, -0.1) is 0 Å². The van der Waals surface area contributed by atoms with Gasteiger partial charge in [-0.2, -0.15) is 5.10 Å². The van der Waals surface area contributed by atoms with Crippen molar-refractivity contribution in [2.75, 3.05) is 4.90 Å². The molecular weight excluding hydrogens is 467 g/mol. The van der Waals surface area contributed by atoms with Crippen molar-refractivity contribution in [1.82, 2.24) is 25.1 Å². The molecule has 5 aromatic rings. The Kier molecular flexibility index (Phi) is 5.94. The van der Waals surface area contributed by atoms with Crippen molar-refractivity contribution in [1.29, 1.82) is 0 Å². The fourth-order valence-electron chi connectivity index (χ4n) is 5.12. The van der Waals surface area contributed by atoms with Crippen molar-refractivity contribution in [2.45, 2.75) is 25.6 Å². The number of carbonyl (C=O) groups excluding carboxylic acids is 1. The number of hydrogen-bond donors (Lipinski definition) is 1. The van der Waals surface area contributed by atoms with Gasteiger partial charge in [0.05, 0.1) is 35.9 Å². The third-order valence-corrected chi connectivity index (χ3v) is 6.94. The summed E-state index contributed by atoms with van der Waals surface area (Å²) in [5.74, 6) is 0.178. The molecule has 1 N–H and O–H groups in total. The molecule has 6 rings (SSSR count). The Labute approximate surface area is 213 Å². The maximum Gasteiger partial charge on any atom is 0.232 e. The second kappa shape index (κ2) is 9.55. The average molecular weight is 493 g/mol. The van der Waals surface area contributed by atoms with Gasteiger partial charge in [-0.25, -0.2) is 19.0 Å². The van der Waals surface area contributed by atoms with Crippen LogP contribution in [-0.4, -0.2) is 31.7 Å². The summed E-state index contributed by atoms with van der Waals surface area (Å²) < 4.78 is 15.2. The van der Waals surface area contributed by atoms with Crippen LogP contribution < -0.4 is 10.2 Å². The minimum atomic E-state index is -0.293. The molecule has 1 aliphatic rings. The van der Waals surface area contributed by atoms with Crippen molar-refractivity contribution in [2.24, 2.45) is 5.92 Å². The van der Waals surface area contributed by atoms with Gasteiger partial charge < -0.3 is 10.2 Å². The predicted molar refractivity (Wildman–Crippen MR) is 140 cm³/mol. The van der Waals surface area contributed by atoms with Crippen LogP contribution in [0.1, 0.15) is 24.4 Å². The first-order chi connectivity index (χ1) is 18.1. The molecule has 1 fully saturated rings. The Bertz CT molecular complexity index is 1540. The third-order valence-electron chi connectivity index (χ3n) is 6.94. The quantitative estimate of drug-likeness (QED) is 0.367. The van der Waals surface area contributed by atoms with Crippen LogP contribution in [0.25, 0.3) is 16.6 Å². The molecule has 0 aliphatic carbocycles. The van der Waals surface area contributed by atoms with Gasteiger partial charge in [-0.1, -0.05) is 37.3 Å². The molecule has 0 spiro atoms. The van der Waals surface area contributed by atoms with Crippen molar-refractivity contribution in [3.63, 3.8) is 0 Å². The Morgan fingerprint density at radius 2 is 1.65 bits per heavy atom. The molecule has 0 saturated carbocycles. The number of carbonyl (C=O) groups is 1. The minimum absolute atomic E-state index is 0.0469. The van der Waals surface area contributed by atoms with Gasteiger partial charge in [-0.05, 0) is 54.1 Å². The Morgan fingerprint density at radius 3 is 2.41 bits per heavy atom. The van der Waals surface area contributed by atoms with E-state index in [9.17, 15) is 9.18 Å². The first kappa shape index (κ1) is 23.0. The van der Waals surface area contributed by atoms with E-state index in [0.717, 1.165) is 27.8 Å². The van der Waals surface area contributed by atoms with Crippen LogP contribution in [-0.2, 0) is 11.3 Å². The van der Waals surface area contributed by atoms with E-state index in [-0.39, 0.29) is 29.7 Å². The fraction of sp³-hybridized carbons (Fsp3) is 0.172. The second-order valence-corrected chi connectivity index (χ2v) is 9.20. The monoisotopic (exact) mass is 492 g/mol. The molecule has 0 bridgehead atoms. The van der Waals surface area contributed by atoms with Gasteiger partial charge >= 0.3 is 0 Å². The zero-order valence-electron chi connectivity index (χ0n) is 20.2. The number of amides is 1. The second-order valence-electron chi connectivity index (χ2n) is 9.20. The van der Waals surface area contributed by atoms with Crippen LogP contribution in [0.5, 0.6) is 0 Å². The Hall–Kier alpha value is -4.43. The SMILES string of the molecule is CC1C(=O)N(c2ccc3c(cnn3-c3ccc(F)cc3)c2)C(c2ccccc2)C1NCc1ncccn1. The van der Waals surface area contributed by atoms with Crippen LogP contribution in [0.2, 0.25) is 0 Å². The van der Waals surface area contributed by atoms with E-state index in [4.69, 9.17) is 0 Å². The van der Waals surface area contributed by atoms with Gasteiger partial charge in [0.25, 0.3) is 0 Å². The number of nitrogens with one attached hydrogen (secondary N) is 1. The normalized spacial score (nSPS) is 19.6. The summed E-state index contributed by atoms with van der Waals surface area (Å²) >= 11 is 0. The van der Waals surface area contributed by atoms with E-state index in [1.807, 2.05) is 48.2 Å². The fourth-order valence-corrected chi connectivity index (χ4v) is 5.12.